The lowest BCUT2D eigenvalue weighted by molar-refractivity contribution is -0.254. The fourth-order valence-electron chi connectivity index (χ4n) is 1.43. The molecule has 0 aromatic carbocycles. The summed E-state index contributed by atoms with van der Waals surface area (Å²) in [6, 6.07) is 4.41. The summed E-state index contributed by atoms with van der Waals surface area (Å²) in [7, 11) is 0. The number of rotatable bonds is 1. The van der Waals surface area contributed by atoms with Crippen molar-refractivity contribution < 1.29 is 18.3 Å². The predicted molar refractivity (Wildman–Crippen MR) is 58.5 cm³/mol. The third-order valence-electron chi connectivity index (χ3n) is 2.29. The maximum atomic E-state index is 12.8. The second-order valence-corrected chi connectivity index (χ2v) is 4.26. The Morgan fingerprint density at radius 1 is 1.41 bits per heavy atom. The van der Waals surface area contributed by atoms with E-state index >= 15 is 0 Å². The van der Waals surface area contributed by atoms with E-state index < -0.39 is 18.3 Å². The molecule has 0 fully saturated rings. The first-order valence-corrected chi connectivity index (χ1v) is 5.38. The maximum absolute atomic E-state index is 12.8. The number of anilines is 1. The molecule has 92 valence electrons. The molecule has 4 nitrogen and oxygen atoms in total. The van der Waals surface area contributed by atoms with Crippen molar-refractivity contribution in [3.8, 4) is 0 Å². The Morgan fingerprint density at radius 2 is 2.12 bits per heavy atom. The summed E-state index contributed by atoms with van der Waals surface area (Å²) < 4.78 is 38.7. The van der Waals surface area contributed by atoms with Gasteiger partial charge >= 0.3 is 6.18 Å². The van der Waals surface area contributed by atoms with Crippen LogP contribution < -0.4 is 5.01 Å². The molecule has 2 rings (SSSR count). The normalized spacial score (nSPS) is 24.4. The minimum Gasteiger partial charge on any atom is -0.362 e. The topological polar surface area (TPSA) is 48.7 Å². The molecule has 0 saturated heterocycles. The van der Waals surface area contributed by atoms with Crippen LogP contribution in [0.15, 0.2) is 27.9 Å². The first-order chi connectivity index (χ1) is 7.84. The molecule has 0 spiro atoms. The number of alkyl halides is 3. The fourth-order valence-corrected chi connectivity index (χ4v) is 1.77. The molecule has 1 aliphatic rings. The Hall–Kier alpha value is -1.15. The minimum absolute atomic E-state index is 0.0760. The average Bonchev–Trinajstić information content (AvgIpc) is 2.61. The summed E-state index contributed by atoms with van der Waals surface area (Å²) in [6.45, 7) is 0. The lowest BCUT2D eigenvalue weighted by Crippen LogP contribution is -2.55. The Bertz CT molecular complexity index is 465. The van der Waals surface area contributed by atoms with Gasteiger partial charge in [0.05, 0.1) is 0 Å². The molecule has 1 unspecified atom stereocenters. The van der Waals surface area contributed by atoms with Gasteiger partial charge in [0.2, 0.25) is 0 Å². The zero-order valence-electron chi connectivity index (χ0n) is 8.32. The smallest absolute Gasteiger partial charge is 0.362 e. The van der Waals surface area contributed by atoms with Crippen molar-refractivity contribution in [3.05, 3.63) is 22.8 Å². The van der Waals surface area contributed by atoms with E-state index in [1.165, 1.54) is 12.1 Å². The van der Waals surface area contributed by atoms with E-state index in [4.69, 9.17) is 0 Å². The van der Waals surface area contributed by atoms with Crippen LogP contribution in [-0.2, 0) is 0 Å². The van der Waals surface area contributed by atoms with Gasteiger partial charge in [-0.25, -0.2) is 9.99 Å². The highest BCUT2D eigenvalue weighted by Gasteiger charge is 2.60. The SMILES string of the molecule is OC1(C(F)(F)F)CC=NN1c1cccc(Br)n1. The number of nitrogens with zero attached hydrogens (tertiary/aromatic N) is 3. The molecule has 1 aromatic heterocycles. The van der Waals surface area contributed by atoms with Gasteiger partial charge in [0, 0.05) is 12.6 Å². The standard InChI is InChI=1S/C9H7BrF3N3O/c10-6-2-1-3-7(15-6)16-8(17,4-5-14-16)9(11,12)13/h1-3,5,17H,4H2. The van der Waals surface area contributed by atoms with E-state index in [0.29, 0.717) is 9.61 Å². The number of pyridine rings is 1. The van der Waals surface area contributed by atoms with Crippen LogP contribution in [0.25, 0.3) is 0 Å². The number of aromatic nitrogens is 1. The van der Waals surface area contributed by atoms with Gasteiger partial charge in [-0.3, -0.25) is 0 Å². The number of hydrogen-bond acceptors (Lipinski definition) is 4. The molecule has 2 heterocycles. The van der Waals surface area contributed by atoms with E-state index in [-0.39, 0.29) is 5.82 Å². The summed E-state index contributed by atoms with van der Waals surface area (Å²) in [6.07, 6.45) is -4.42. The highest BCUT2D eigenvalue weighted by molar-refractivity contribution is 9.10. The van der Waals surface area contributed by atoms with Crippen LogP contribution in [0.2, 0.25) is 0 Å². The Kier molecular flexibility index (Phi) is 2.86. The van der Waals surface area contributed by atoms with Gasteiger partial charge in [0.15, 0.2) is 5.82 Å². The maximum Gasteiger partial charge on any atom is 0.438 e. The summed E-state index contributed by atoms with van der Waals surface area (Å²) in [5.41, 5.74) is -3.03. The van der Waals surface area contributed by atoms with Gasteiger partial charge in [-0.05, 0) is 28.1 Å². The van der Waals surface area contributed by atoms with Crippen LogP contribution in [0, 0.1) is 0 Å². The number of hydrogen-bond donors (Lipinski definition) is 1. The molecule has 1 aromatic rings. The summed E-state index contributed by atoms with van der Waals surface area (Å²) in [4.78, 5) is 3.83. The van der Waals surface area contributed by atoms with Gasteiger partial charge in [0.1, 0.15) is 4.60 Å². The molecule has 0 saturated carbocycles. The van der Waals surface area contributed by atoms with Crippen molar-refractivity contribution in [2.24, 2.45) is 5.10 Å². The van der Waals surface area contributed by atoms with E-state index in [0.717, 1.165) is 6.21 Å². The Labute approximate surface area is 103 Å². The molecule has 8 heteroatoms. The third kappa shape index (κ3) is 2.02. The largest absolute Gasteiger partial charge is 0.438 e. The van der Waals surface area contributed by atoms with Gasteiger partial charge in [0.25, 0.3) is 5.72 Å². The molecular weight excluding hydrogens is 303 g/mol. The quantitative estimate of drug-likeness (QED) is 0.810. The number of hydrazone groups is 1. The number of aliphatic hydroxyl groups is 1. The van der Waals surface area contributed by atoms with Gasteiger partial charge in [-0.2, -0.15) is 18.3 Å². The molecule has 1 N–H and O–H groups in total. The highest BCUT2D eigenvalue weighted by atomic mass is 79.9. The molecule has 0 amide bonds. The first kappa shape index (κ1) is 12.3. The molecule has 1 aliphatic heterocycles. The zero-order chi connectivity index (χ0) is 12.7. The van der Waals surface area contributed by atoms with Crippen molar-refractivity contribution in [2.75, 3.05) is 5.01 Å². The van der Waals surface area contributed by atoms with Crippen LogP contribution in [0.5, 0.6) is 0 Å². The fraction of sp³-hybridized carbons (Fsp3) is 0.333. The van der Waals surface area contributed by atoms with Crippen LogP contribution in [-0.4, -0.2) is 28.2 Å². The summed E-state index contributed by atoms with van der Waals surface area (Å²) >= 11 is 3.04. The first-order valence-electron chi connectivity index (χ1n) is 4.59. The molecule has 0 aliphatic carbocycles. The van der Waals surface area contributed by atoms with Crippen molar-refractivity contribution >= 4 is 28.0 Å². The molecule has 0 bridgehead atoms. The summed E-state index contributed by atoms with van der Waals surface area (Å²) in [5, 5.41) is 13.6. The van der Waals surface area contributed by atoms with Crippen molar-refractivity contribution in [1.82, 2.24) is 4.98 Å². The van der Waals surface area contributed by atoms with Crippen molar-refractivity contribution in [2.45, 2.75) is 18.3 Å². The summed E-state index contributed by atoms with van der Waals surface area (Å²) in [5.74, 6) is -0.0760. The second kappa shape index (κ2) is 3.95. The monoisotopic (exact) mass is 309 g/mol. The molecule has 0 radical (unpaired) electrons. The van der Waals surface area contributed by atoms with Gasteiger partial charge < -0.3 is 5.11 Å². The van der Waals surface area contributed by atoms with Crippen molar-refractivity contribution in [3.63, 3.8) is 0 Å². The van der Waals surface area contributed by atoms with E-state index in [2.05, 4.69) is 26.0 Å². The lowest BCUT2D eigenvalue weighted by Gasteiger charge is -2.33. The van der Waals surface area contributed by atoms with Crippen LogP contribution in [0.4, 0.5) is 19.0 Å². The third-order valence-corrected chi connectivity index (χ3v) is 2.74. The van der Waals surface area contributed by atoms with E-state index in [9.17, 15) is 18.3 Å². The highest BCUT2D eigenvalue weighted by Crippen LogP contribution is 2.40. The number of halogens is 4. The Balaban J connectivity index is 2.41. The second-order valence-electron chi connectivity index (χ2n) is 3.45. The van der Waals surface area contributed by atoms with E-state index in [1.54, 1.807) is 6.07 Å². The van der Waals surface area contributed by atoms with Crippen LogP contribution in [0.1, 0.15) is 6.42 Å². The van der Waals surface area contributed by atoms with Crippen LogP contribution in [0.3, 0.4) is 0 Å². The average molecular weight is 310 g/mol. The minimum atomic E-state index is -4.81. The molecule has 1 atom stereocenters. The van der Waals surface area contributed by atoms with Gasteiger partial charge in [-0.1, -0.05) is 6.07 Å². The molecule has 17 heavy (non-hydrogen) atoms. The molecular formula is C9H7BrF3N3O. The van der Waals surface area contributed by atoms with E-state index in [1.807, 2.05) is 0 Å². The van der Waals surface area contributed by atoms with Crippen molar-refractivity contribution in [1.29, 1.82) is 0 Å². The zero-order valence-corrected chi connectivity index (χ0v) is 9.90. The predicted octanol–water partition coefficient (Wildman–Crippen LogP) is 2.29. The Morgan fingerprint density at radius 3 is 2.71 bits per heavy atom. The van der Waals surface area contributed by atoms with Gasteiger partial charge in [-0.15, -0.1) is 0 Å². The lowest BCUT2D eigenvalue weighted by atomic mass is 10.1. The van der Waals surface area contributed by atoms with Crippen LogP contribution >= 0.6 is 15.9 Å².